The Bertz CT molecular complexity index is 378. The molecule has 0 spiro atoms. The molecule has 1 aromatic rings. The Hall–Kier alpha value is -0.540. The van der Waals surface area contributed by atoms with Gasteiger partial charge in [-0.05, 0) is 44.4 Å². The van der Waals surface area contributed by atoms with Crippen LogP contribution < -0.4 is 4.90 Å². The summed E-state index contributed by atoms with van der Waals surface area (Å²) in [7, 11) is 0. The van der Waals surface area contributed by atoms with Crippen molar-refractivity contribution in [3.8, 4) is 0 Å². The van der Waals surface area contributed by atoms with E-state index in [1.54, 1.807) is 6.92 Å². The third-order valence-corrected chi connectivity index (χ3v) is 4.01. The van der Waals surface area contributed by atoms with Crippen molar-refractivity contribution in [1.82, 2.24) is 0 Å². The fraction of sp³-hybridized carbons (Fsp3) is 0.538. The molecule has 1 saturated heterocycles. The molecule has 1 fully saturated rings. The zero-order valence-corrected chi connectivity index (χ0v) is 11.4. The topological polar surface area (TPSA) is 23.5 Å². The highest BCUT2D eigenvalue weighted by Crippen LogP contribution is 2.31. The number of hydrogen-bond acceptors (Lipinski definition) is 2. The van der Waals surface area contributed by atoms with E-state index < -0.39 is 6.10 Å². The molecular weight excluding hydrogens is 266 g/mol. The molecule has 0 aliphatic carbocycles. The molecule has 3 heteroatoms. The van der Waals surface area contributed by atoms with E-state index in [2.05, 4.69) is 39.9 Å². The zero-order chi connectivity index (χ0) is 11.7. The molecule has 2 atom stereocenters. The number of benzene rings is 1. The van der Waals surface area contributed by atoms with Crippen LogP contribution in [0, 0.1) is 0 Å². The van der Waals surface area contributed by atoms with E-state index in [9.17, 15) is 5.11 Å². The van der Waals surface area contributed by atoms with E-state index in [-0.39, 0.29) is 0 Å². The molecule has 1 unspecified atom stereocenters. The lowest BCUT2D eigenvalue weighted by Crippen LogP contribution is -2.26. The first kappa shape index (κ1) is 11.9. The summed E-state index contributed by atoms with van der Waals surface area (Å²) >= 11 is 3.53. The minimum atomic E-state index is -0.417. The Labute approximate surface area is 105 Å². The second-order valence-corrected chi connectivity index (χ2v) is 5.42. The Kier molecular flexibility index (Phi) is 3.55. The molecular formula is C13H18BrNO. The first-order valence-electron chi connectivity index (χ1n) is 5.83. The molecule has 0 radical (unpaired) electrons. The molecule has 2 rings (SSSR count). The molecule has 88 valence electrons. The second kappa shape index (κ2) is 4.76. The third kappa shape index (κ3) is 2.25. The fourth-order valence-electron chi connectivity index (χ4n) is 2.35. The molecule has 0 saturated carbocycles. The van der Waals surface area contributed by atoms with Crippen molar-refractivity contribution in [3.05, 3.63) is 28.2 Å². The van der Waals surface area contributed by atoms with E-state index in [4.69, 9.17) is 0 Å². The average molecular weight is 284 g/mol. The van der Waals surface area contributed by atoms with Gasteiger partial charge < -0.3 is 10.0 Å². The Balaban J connectivity index is 2.27. The van der Waals surface area contributed by atoms with Crippen LogP contribution in [0.15, 0.2) is 22.7 Å². The predicted octanol–water partition coefficient (Wildman–Crippen LogP) is 3.49. The molecule has 0 amide bonds. The minimum Gasteiger partial charge on any atom is -0.389 e. The van der Waals surface area contributed by atoms with Gasteiger partial charge in [-0.1, -0.05) is 22.0 Å². The van der Waals surface area contributed by atoms with Crippen molar-refractivity contribution in [2.45, 2.75) is 38.8 Å². The normalized spacial score (nSPS) is 22.5. The maximum absolute atomic E-state index is 9.57. The van der Waals surface area contributed by atoms with Crippen molar-refractivity contribution in [1.29, 1.82) is 0 Å². The van der Waals surface area contributed by atoms with Crippen LogP contribution in [0.5, 0.6) is 0 Å². The van der Waals surface area contributed by atoms with Crippen molar-refractivity contribution in [2.75, 3.05) is 11.4 Å². The lowest BCUT2D eigenvalue weighted by atomic mass is 10.1. The van der Waals surface area contributed by atoms with Crippen molar-refractivity contribution in [3.63, 3.8) is 0 Å². The van der Waals surface area contributed by atoms with E-state index in [0.29, 0.717) is 6.04 Å². The fourth-order valence-corrected chi connectivity index (χ4v) is 3.05. The molecule has 1 aliphatic heterocycles. The monoisotopic (exact) mass is 283 g/mol. The summed E-state index contributed by atoms with van der Waals surface area (Å²) in [6, 6.07) is 6.86. The van der Waals surface area contributed by atoms with E-state index in [0.717, 1.165) is 16.6 Å². The smallest absolute Gasteiger partial charge is 0.0772 e. The highest BCUT2D eigenvalue weighted by atomic mass is 79.9. The highest BCUT2D eigenvalue weighted by Gasteiger charge is 2.21. The van der Waals surface area contributed by atoms with Gasteiger partial charge in [-0.25, -0.2) is 0 Å². The first-order chi connectivity index (χ1) is 7.59. The maximum Gasteiger partial charge on any atom is 0.0772 e. The third-order valence-electron chi connectivity index (χ3n) is 3.32. The van der Waals surface area contributed by atoms with Crippen LogP contribution in [0.2, 0.25) is 0 Å². The van der Waals surface area contributed by atoms with Gasteiger partial charge in [0.1, 0.15) is 0 Å². The molecule has 16 heavy (non-hydrogen) atoms. The van der Waals surface area contributed by atoms with Gasteiger partial charge in [0.05, 0.1) is 6.10 Å². The first-order valence-corrected chi connectivity index (χ1v) is 6.63. The van der Waals surface area contributed by atoms with Gasteiger partial charge in [0.2, 0.25) is 0 Å². The summed E-state index contributed by atoms with van der Waals surface area (Å²) in [5, 5.41) is 9.57. The van der Waals surface area contributed by atoms with Gasteiger partial charge >= 0.3 is 0 Å². The van der Waals surface area contributed by atoms with Crippen LogP contribution in [0.25, 0.3) is 0 Å². The van der Waals surface area contributed by atoms with E-state index >= 15 is 0 Å². The number of aliphatic hydroxyl groups excluding tert-OH is 1. The van der Waals surface area contributed by atoms with Gasteiger partial charge in [0.25, 0.3) is 0 Å². The van der Waals surface area contributed by atoms with Crippen LogP contribution in [-0.4, -0.2) is 17.7 Å². The Morgan fingerprint density at radius 1 is 1.50 bits per heavy atom. The second-order valence-electron chi connectivity index (χ2n) is 4.57. The van der Waals surface area contributed by atoms with Crippen LogP contribution >= 0.6 is 15.9 Å². The van der Waals surface area contributed by atoms with Crippen molar-refractivity contribution >= 4 is 21.6 Å². The number of anilines is 1. The largest absolute Gasteiger partial charge is 0.389 e. The maximum atomic E-state index is 9.57. The molecule has 1 N–H and O–H groups in total. The number of nitrogens with zero attached hydrogens (tertiary/aromatic N) is 1. The van der Waals surface area contributed by atoms with Crippen LogP contribution in [0.4, 0.5) is 5.69 Å². The summed E-state index contributed by atoms with van der Waals surface area (Å²) in [6.07, 6.45) is 2.13. The van der Waals surface area contributed by atoms with Crippen LogP contribution in [-0.2, 0) is 0 Å². The average Bonchev–Trinajstić information content (AvgIpc) is 2.63. The number of rotatable bonds is 2. The molecule has 1 aromatic carbocycles. The molecule has 1 heterocycles. The Morgan fingerprint density at radius 2 is 2.25 bits per heavy atom. The van der Waals surface area contributed by atoms with Gasteiger partial charge in [-0.3, -0.25) is 0 Å². The highest BCUT2D eigenvalue weighted by molar-refractivity contribution is 9.10. The SMILES string of the molecule is CC1CCCN1c1ccc([C@H](C)O)c(Br)c1. The van der Waals surface area contributed by atoms with E-state index in [1.807, 2.05) is 6.07 Å². The quantitative estimate of drug-likeness (QED) is 0.898. The Morgan fingerprint density at radius 3 is 2.75 bits per heavy atom. The lowest BCUT2D eigenvalue weighted by Gasteiger charge is -2.24. The van der Waals surface area contributed by atoms with Crippen molar-refractivity contribution in [2.24, 2.45) is 0 Å². The summed E-state index contributed by atoms with van der Waals surface area (Å²) < 4.78 is 0.999. The number of aliphatic hydroxyl groups is 1. The van der Waals surface area contributed by atoms with Crippen LogP contribution in [0.3, 0.4) is 0 Å². The van der Waals surface area contributed by atoms with Crippen molar-refractivity contribution < 1.29 is 5.11 Å². The standard InChI is InChI=1S/C13H18BrNO/c1-9-4-3-7-15(9)11-5-6-12(10(2)16)13(14)8-11/h5-6,8-10,16H,3-4,7H2,1-2H3/t9?,10-/m0/s1. The molecule has 0 aromatic heterocycles. The molecule has 2 nitrogen and oxygen atoms in total. The summed E-state index contributed by atoms with van der Waals surface area (Å²) in [5.74, 6) is 0. The van der Waals surface area contributed by atoms with E-state index in [1.165, 1.54) is 18.5 Å². The molecule has 0 bridgehead atoms. The lowest BCUT2D eigenvalue weighted by molar-refractivity contribution is 0.198. The predicted molar refractivity (Wildman–Crippen MR) is 70.8 cm³/mol. The summed E-state index contributed by atoms with van der Waals surface area (Å²) in [5.41, 5.74) is 2.21. The molecule has 1 aliphatic rings. The summed E-state index contributed by atoms with van der Waals surface area (Å²) in [4.78, 5) is 2.43. The number of hydrogen-bond donors (Lipinski definition) is 1. The van der Waals surface area contributed by atoms with Gasteiger partial charge in [-0.15, -0.1) is 0 Å². The summed E-state index contributed by atoms with van der Waals surface area (Å²) in [6.45, 7) is 5.20. The van der Waals surface area contributed by atoms with Gasteiger partial charge in [0.15, 0.2) is 0 Å². The zero-order valence-electron chi connectivity index (χ0n) is 9.78. The van der Waals surface area contributed by atoms with Gasteiger partial charge in [0, 0.05) is 22.7 Å². The van der Waals surface area contributed by atoms with Gasteiger partial charge in [-0.2, -0.15) is 0 Å². The van der Waals surface area contributed by atoms with Crippen LogP contribution in [0.1, 0.15) is 38.4 Å². The minimum absolute atomic E-state index is 0.417. The number of halogens is 1.